The van der Waals surface area contributed by atoms with Gasteiger partial charge in [-0.05, 0) is 25.1 Å². The molecule has 0 amide bonds. The molecule has 1 fully saturated rings. The molecule has 100 valence electrons. The van der Waals surface area contributed by atoms with Gasteiger partial charge in [0, 0.05) is 19.3 Å². The Bertz CT molecular complexity index is 347. The van der Waals surface area contributed by atoms with Crippen LogP contribution in [0.3, 0.4) is 0 Å². The molecule has 4 heteroatoms. The van der Waals surface area contributed by atoms with Crippen LogP contribution in [0, 0.1) is 0 Å². The van der Waals surface area contributed by atoms with Crippen LogP contribution in [0.5, 0.6) is 0 Å². The van der Waals surface area contributed by atoms with Crippen LogP contribution in [0.2, 0.25) is 0 Å². The van der Waals surface area contributed by atoms with Crippen LogP contribution in [0.4, 0.5) is 0 Å². The highest BCUT2D eigenvalue weighted by Gasteiger charge is 2.16. The monoisotopic (exact) mass is 250 g/mol. The van der Waals surface area contributed by atoms with Crippen LogP contribution in [0.25, 0.3) is 0 Å². The van der Waals surface area contributed by atoms with E-state index in [0.717, 1.165) is 31.8 Å². The SMILES string of the molecule is CCc1ccc(CN(C)C[C@H]2COCCO2)nc1. The highest BCUT2D eigenvalue weighted by molar-refractivity contribution is 5.13. The predicted octanol–water partition coefficient (Wildman–Crippen LogP) is 1.49. The van der Waals surface area contributed by atoms with Gasteiger partial charge in [0.15, 0.2) is 0 Å². The molecule has 4 nitrogen and oxygen atoms in total. The standard InChI is InChI=1S/C14H22N2O2/c1-3-12-4-5-13(15-8-12)9-16(2)10-14-11-17-6-7-18-14/h4-5,8,14H,3,6-7,9-11H2,1-2H3/t14-/m0/s1. The third kappa shape index (κ3) is 4.05. The fraction of sp³-hybridized carbons (Fsp3) is 0.643. The van der Waals surface area contributed by atoms with E-state index < -0.39 is 0 Å². The van der Waals surface area contributed by atoms with Gasteiger partial charge in [-0.1, -0.05) is 13.0 Å². The number of aromatic nitrogens is 1. The van der Waals surface area contributed by atoms with Crippen LogP contribution in [0.15, 0.2) is 18.3 Å². The largest absolute Gasteiger partial charge is 0.376 e. The van der Waals surface area contributed by atoms with Crippen molar-refractivity contribution in [3.05, 3.63) is 29.6 Å². The quantitative estimate of drug-likeness (QED) is 0.793. The molecular formula is C14H22N2O2. The second-order valence-corrected chi connectivity index (χ2v) is 4.78. The van der Waals surface area contributed by atoms with Crippen molar-refractivity contribution < 1.29 is 9.47 Å². The number of pyridine rings is 1. The summed E-state index contributed by atoms with van der Waals surface area (Å²) in [5, 5.41) is 0. The molecule has 0 spiro atoms. The maximum Gasteiger partial charge on any atom is 0.0936 e. The minimum Gasteiger partial charge on any atom is -0.376 e. The van der Waals surface area contributed by atoms with E-state index in [2.05, 4.69) is 36.0 Å². The zero-order chi connectivity index (χ0) is 12.8. The molecule has 1 saturated heterocycles. The lowest BCUT2D eigenvalue weighted by molar-refractivity contribution is -0.0963. The number of ether oxygens (including phenoxy) is 2. The van der Waals surface area contributed by atoms with Crippen LogP contribution in [-0.4, -0.2) is 49.4 Å². The molecule has 1 aromatic heterocycles. The Morgan fingerprint density at radius 1 is 1.39 bits per heavy atom. The number of hydrogen-bond acceptors (Lipinski definition) is 4. The van der Waals surface area contributed by atoms with Crippen molar-refractivity contribution >= 4 is 0 Å². The van der Waals surface area contributed by atoms with E-state index >= 15 is 0 Å². The molecule has 1 aliphatic heterocycles. The summed E-state index contributed by atoms with van der Waals surface area (Å²) in [5.41, 5.74) is 2.39. The van der Waals surface area contributed by atoms with Crippen molar-refractivity contribution in [3.8, 4) is 0 Å². The van der Waals surface area contributed by atoms with Gasteiger partial charge < -0.3 is 9.47 Å². The molecule has 1 atom stereocenters. The van der Waals surface area contributed by atoms with E-state index in [0.29, 0.717) is 13.2 Å². The molecule has 1 aliphatic rings. The lowest BCUT2D eigenvalue weighted by atomic mass is 10.2. The molecule has 18 heavy (non-hydrogen) atoms. The van der Waals surface area contributed by atoms with Crippen molar-refractivity contribution in [2.45, 2.75) is 26.0 Å². The molecule has 0 N–H and O–H groups in total. The lowest BCUT2D eigenvalue weighted by Gasteiger charge is -2.27. The normalized spacial score (nSPS) is 20.3. The first kappa shape index (κ1) is 13.5. The van der Waals surface area contributed by atoms with Crippen LogP contribution in [-0.2, 0) is 22.4 Å². The zero-order valence-corrected chi connectivity index (χ0v) is 11.3. The Labute approximate surface area is 109 Å². The molecule has 0 saturated carbocycles. The average molecular weight is 250 g/mol. The summed E-state index contributed by atoms with van der Waals surface area (Å²) in [6, 6.07) is 4.25. The summed E-state index contributed by atoms with van der Waals surface area (Å²) in [6.45, 7) is 6.01. The Morgan fingerprint density at radius 3 is 2.89 bits per heavy atom. The molecule has 0 unspecified atom stereocenters. The van der Waals surface area contributed by atoms with Gasteiger partial charge in [-0.25, -0.2) is 0 Å². The van der Waals surface area contributed by atoms with Crippen molar-refractivity contribution in [1.82, 2.24) is 9.88 Å². The van der Waals surface area contributed by atoms with Gasteiger partial charge in [0.2, 0.25) is 0 Å². The Hall–Kier alpha value is -0.970. The molecule has 1 aromatic rings. The fourth-order valence-electron chi connectivity index (χ4n) is 2.09. The topological polar surface area (TPSA) is 34.6 Å². The van der Waals surface area contributed by atoms with E-state index in [1.807, 2.05) is 6.20 Å². The second kappa shape index (κ2) is 6.83. The highest BCUT2D eigenvalue weighted by Crippen LogP contribution is 2.07. The summed E-state index contributed by atoms with van der Waals surface area (Å²) >= 11 is 0. The summed E-state index contributed by atoms with van der Waals surface area (Å²) in [6.07, 6.45) is 3.19. The Balaban J connectivity index is 1.80. The molecule has 2 heterocycles. The number of aryl methyl sites for hydroxylation is 1. The number of rotatable bonds is 5. The first-order valence-electron chi connectivity index (χ1n) is 6.59. The summed E-state index contributed by atoms with van der Waals surface area (Å²) in [7, 11) is 2.09. The third-order valence-corrected chi connectivity index (χ3v) is 3.13. The van der Waals surface area contributed by atoms with Gasteiger partial charge in [0.1, 0.15) is 0 Å². The van der Waals surface area contributed by atoms with Crippen molar-refractivity contribution in [3.63, 3.8) is 0 Å². The van der Waals surface area contributed by atoms with Gasteiger partial charge in [0.25, 0.3) is 0 Å². The van der Waals surface area contributed by atoms with Crippen LogP contribution in [0.1, 0.15) is 18.2 Å². The minimum atomic E-state index is 0.193. The average Bonchev–Trinajstić information content (AvgIpc) is 2.40. The maximum absolute atomic E-state index is 5.64. The fourth-order valence-corrected chi connectivity index (χ4v) is 2.09. The number of likely N-dealkylation sites (N-methyl/N-ethyl adjacent to an activating group) is 1. The van der Waals surface area contributed by atoms with Crippen molar-refractivity contribution in [2.24, 2.45) is 0 Å². The first-order chi connectivity index (χ1) is 8.78. The number of hydrogen-bond donors (Lipinski definition) is 0. The van der Waals surface area contributed by atoms with Crippen molar-refractivity contribution in [1.29, 1.82) is 0 Å². The smallest absolute Gasteiger partial charge is 0.0936 e. The third-order valence-electron chi connectivity index (χ3n) is 3.13. The van der Waals surface area contributed by atoms with Gasteiger partial charge >= 0.3 is 0 Å². The summed E-state index contributed by atoms with van der Waals surface area (Å²) in [5.74, 6) is 0. The van der Waals surface area contributed by atoms with E-state index in [-0.39, 0.29) is 6.10 Å². The van der Waals surface area contributed by atoms with Crippen LogP contribution >= 0.6 is 0 Å². The summed E-state index contributed by atoms with van der Waals surface area (Å²) < 4.78 is 11.0. The van der Waals surface area contributed by atoms with E-state index in [9.17, 15) is 0 Å². The lowest BCUT2D eigenvalue weighted by Crippen LogP contribution is -2.38. The highest BCUT2D eigenvalue weighted by atomic mass is 16.6. The van der Waals surface area contributed by atoms with Crippen molar-refractivity contribution in [2.75, 3.05) is 33.4 Å². The number of nitrogens with zero attached hydrogens (tertiary/aromatic N) is 2. The predicted molar refractivity (Wildman–Crippen MR) is 70.5 cm³/mol. The first-order valence-corrected chi connectivity index (χ1v) is 6.59. The van der Waals surface area contributed by atoms with E-state index in [1.54, 1.807) is 0 Å². The molecule has 0 bridgehead atoms. The van der Waals surface area contributed by atoms with Crippen LogP contribution < -0.4 is 0 Å². The molecule has 0 aromatic carbocycles. The minimum absolute atomic E-state index is 0.193. The zero-order valence-electron chi connectivity index (χ0n) is 11.3. The second-order valence-electron chi connectivity index (χ2n) is 4.78. The van der Waals surface area contributed by atoms with Gasteiger partial charge in [-0.15, -0.1) is 0 Å². The molecular weight excluding hydrogens is 228 g/mol. The molecule has 2 rings (SSSR count). The van der Waals surface area contributed by atoms with Gasteiger partial charge in [-0.2, -0.15) is 0 Å². The van der Waals surface area contributed by atoms with E-state index in [4.69, 9.17) is 9.47 Å². The maximum atomic E-state index is 5.64. The summed E-state index contributed by atoms with van der Waals surface area (Å²) in [4.78, 5) is 6.70. The Morgan fingerprint density at radius 2 is 2.28 bits per heavy atom. The Kier molecular flexibility index (Phi) is 5.11. The van der Waals surface area contributed by atoms with E-state index in [1.165, 1.54) is 5.56 Å². The molecule has 0 radical (unpaired) electrons. The molecule has 0 aliphatic carbocycles. The van der Waals surface area contributed by atoms with Gasteiger partial charge in [0.05, 0.1) is 31.6 Å². The van der Waals surface area contributed by atoms with Gasteiger partial charge in [-0.3, -0.25) is 9.88 Å².